The Kier molecular flexibility index (Phi) is 6.02. The Bertz CT molecular complexity index is 778. The Balaban J connectivity index is 1.56. The normalized spacial score (nSPS) is 20.9. The first-order valence-corrected chi connectivity index (χ1v) is 9.41. The van der Waals surface area contributed by atoms with Gasteiger partial charge >= 0.3 is 0 Å². The third-order valence-electron chi connectivity index (χ3n) is 5.44. The average Bonchev–Trinajstić information content (AvgIpc) is 2.96. The standard InChI is InChI=1S/C21H26N2O5/c1-22(13-14-8-9-17(27-2)18(12-14)28-3)19(24)10-11-23-20(25)15-6-4-5-7-16(15)21(23)26/h4-5,8-9,12,15-16H,6-7,10-11,13H2,1-3H3/t15-,16+. The number of likely N-dealkylation sites (tertiary alicyclic amines) is 1. The Morgan fingerprint density at radius 3 is 2.25 bits per heavy atom. The fourth-order valence-corrected chi connectivity index (χ4v) is 3.83. The molecule has 7 nitrogen and oxygen atoms in total. The molecule has 0 bridgehead atoms. The molecule has 0 saturated carbocycles. The first-order valence-electron chi connectivity index (χ1n) is 9.41. The van der Waals surface area contributed by atoms with Gasteiger partial charge in [-0.2, -0.15) is 0 Å². The molecule has 0 radical (unpaired) electrons. The van der Waals surface area contributed by atoms with Gasteiger partial charge in [0.15, 0.2) is 11.5 Å². The van der Waals surface area contributed by atoms with Crippen LogP contribution < -0.4 is 9.47 Å². The number of carbonyl (C=O) groups excluding carboxylic acids is 3. The molecular formula is C21H26N2O5. The van der Waals surface area contributed by atoms with Gasteiger partial charge in [-0.15, -0.1) is 0 Å². The number of rotatable bonds is 7. The minimum absolute atomic E-state index is 0.119. The highest BCUT2D eigenvalue weighted by Crippen LogP contribution is 2.35. The molecule has 1 aliphatic carbocycles. The second-order valence-corrected chi connectivity index (χ2v) is 7.17. The zero-order chi connectivity index (χ0) is 20.3. The predicted octanol–water partition coefficient (Wildman–Crippen LogP) is 2.00. The largest absolute Gasteiger partial charge is 0.493 e. The smallest absolute Gasteiger partial charge is 0.233 e. The molecule has 1 aliphatic heterocycles. The summed E-state index contributed by atoms with van der Waals surface area (Å²) >= 11 is 0. The lowest BCUT2D eigenvalue weighted by atomic mass is 9.85. The summed E-state index contributed by atoms with van der Waals surface area (Å²) < 4.78 is 10.5. The summed E-state index contributed by atoms with van der Waals surface area (Å²) in [6.45, 7) is 0.538. The van der Waals surface area contributed by atoms with E-state index in [-0.39, 0.29) is 42.5 Å². The number of hydrogen-bond donors (Lipinski definition) is 0. The van der Waals surface area contributed by atoms with Crippen LogP contribution in [0.4, 0.5) is 0 Å². The van der Waals surface area contributed by atoms with Crippen molar-refractivity contribution in [3.05, 3.63) is 35.9 Å². The summed E-state index contributed by atoms with van der Waals surface area (Å²) in [5.74, 6) is 0.314. The quantitative estimate of drug-likeness (QED) is 0.529. The van der Waals surface area contributed by atoms with Crippen molar-refractivity contribution in [3.63, 3.8) is 0 Å². The number of imide groups is 1. The van der Waals surface area contributed by atoms with Gasteiger partial charge in [0.05, 0.1) is 26.1 Å². The van der Waals surface area contributed by atoms with Crippen LogP contribution in [0.1, 0.15) is 24.8 Å². The highest BCUT2D eigenvalue weighted by Gasteiger charge is 2.46. The van der Waals surface area contributed by atoms with Gasteiger partial charge in [-0.3, -0.25) is 19.3 Å². The van der Waals surface area contributed by atoms with Crippen LogP contribution in [0.15, 0.2) is 30.4 Å². The molecule has 2 aliphatic rings. The van der Waals surface area contributed by atoms with Crippen LogP contribution in [0, 0.1) is 11.8 Å². The Morgan fingerprint density at radius 1 is 1.07 bits per heavy atom. The number of carbonyl (C=O) groups is 3. The van der Waals surface area contributed by atoms with E-state index in [1.807, 2.05) is 24.3 Å². The van der Waals surface area contributed by atoms with Crippen molar-refractivity contribution in [1.82, 2.24) is 9.80 Å². The van der Waals surface area contributed by atoms with E-state index in [4.69, 9.17) is 9.47 Å². The van der Waals surface area contributed by atoms with Crippen LogP contribution in [-0.4, -0.2) is 55.3 Å². The maximum absolute atomic E-state index is 12.5. The van der Waals surface area contributed by atoms with Crippen molar-refractivity contribution in [1.29, 1.82) is 0 Å². The summed E-state index contributed by atoms with van der Waals surface area (Å²) in [4.78, 5) is 40.3. The van der Waals surface area contributed by atoms with Gasteiger partial charge in [0, 0.05) is 26.6 Å². The van der Waals surface area contributed by atoms with Crippen LogP contribution in [0.5, 0.6) is 11.5 Å². The third-order valence-corrected chi connectivity index (χ3v) is 5.44. The van der Waals surface area contributed by atoms with E-state index in [2.05, 4.69) is 0 Å². The van der Waals surface area contributed by atoms with E-state index in [9.17, 15) is 14.4 Å². The molecule has 2 atom stereocenters. The number of hydrogen-bond acceptors (Lipinski definition) is 5. The van der Waals surface area contributed by atoms with Gasteiger partial charge in [0.1, 0.15) is 0 Å². The zero-order valence-corrected chi connectivity index (χ0v) is 16.5. The number of fused-ring (bicyclic) bond motifs is 1. The molecule has 0 N–H and O–H groups in total. The van der Waals surface area contributed by atoms with Gasteiger partial charge in [-0.25, -0.2) is 0 Å². The molecule has 3 amide bonds. The SMILES string of the molecule is COc1ccc(CN(C)C(=O)CCN2C(=O)[C@H]3CC=CC[C@H]3C2=O)cc1OC. The molecule has 0 aromatic heterocycles. The van der Waals surface area contributed by atoms with Gasteiger partial charge in [0.2, 0.25) is 17.7 Å². The molecule has 1 aromatic carbocycles. The van der Waals surface area contributed by atoms with Gasteiger partial charge < -0.3 is 14.4 Å². The summed E-state index contributed by atoms with van der Waals surface area (Å²) in [6, 6.07) is 5.49. The van der Waals surface area contributed by atoms with Crippen LogP contribution in [0.25, 0.3) is 0 Å². The van der Waals surface area contributed by atoms with E-state index in [1.54, 1.807) is 32.2 Å². The lowest BCUT2D eigenvalue weighted by Crippen LogP contribution is -2.36. The Hall–Kier alpha value is -2.83. The monoisotopic (exact) mass is 386 g/mol. The van der Waals surface area contributed by atoms with Crippen molar-refractivity contribution in [2.75, 3.05) is 27.8 Å². The number of nitrogens with zero attached hydrogens (tertiary/aromatic N) is 2. The maximum Gasteiger partial charge on any atom is 0.233 e. The first kappa shape index (κ1) is 19.9. The van der Waals surface area contributed by atoms with Gasteiger partial charge in [-0.05, 0) is 30.5 Å². The van der Waals surface area contributed by atoms with E-state index >= 15 is 0 Å². The first-order chi connectivity index (χ1) is 13.5. The zero-order valence-electron chi connectivity index (χ0n) is 16.5. The molecule has 3 rings (SSSR count). The molecule has 1 fully saturated rings. The molecule has 1 aromatic rings. The summed E-state index contributed by atoms with van der Waals surface area (Å²) in [6.07, 6.45) is 5.25. The van der Waals surface area contributed by atoms with Crippen molar-refractivity contribution in [3.8, 4) is 11.5 Å². The molecule has 0 spiro atoms. The lowest BCUT2D eigenvalue weighted by molar-refractivity contribution is -0.140. The number of ether oxygens (including phenoxy) is 2. The fourth-order valence-electron chi connectivity index (χ4n) is 3.83. The topological polar surface area (TPSA) is 76.2 Å². The minimum atomic E-state index is -0.253. The molecule has 28 heavy (non-hydrogen) atoms. The van der Waals surface area contributed by atoms with Gasteiger partial charge in [-0.1, -0.05) is 18.2 Å². The van der Waals surface area contributed by atoms with Crippen molar-refractivity contribution in [2.45, 2.75) is 25.8 Å². The number of benzene rings is 1. The third kappa shape index (κ3) is 3.88. The second-order valence-electron chi connectivity index (χ2n) is 7.17. The number of methoxy groups -OCH3 is 2. The van der Waals surface area contributed by atoms with E-state index < -0.39 is 0 Å². The van der Waals surface area contributed by atoms with Crippen molar-refractivity contribution < 1.29 is 23.9 Å². The molecule has 150 valence electrons. The van der Waals surface area contributed by atoms with E-state index in [1.165, 1.54) is 4.90 Å². The van der Waals surface area contributed by atoms with Crippen molar-refractivity contribution >= 4 is 17.7 Å². The fraction of sp³-hybridized carbons (Fsp3) is 0.476. The van der Waals surface area contributed by atoms with E-state index in [0.29, 0.717) is 30.9 Å². The summed E-state index contributed by atoms with van der Waals surface area (Å²) in [7, 11) is 4.84. The summed E-state index contributed by atoms with van der Waals surface area (Å²) in [5.41, 5.74) is 0.902. The number of amides is 3. The highest BCUT2D eigenvalue weighted by atomic mass is 16.5. The predicted molar refractivity (Wildman–Crippen MR) is 103 cm³/mol. The molecule has 7 heteroatoms. The van der Waals surface area contributed by atoms with Crippen molar-refractivity contribution in [2.24, 2.45) is 11.8 Å². The lowest BCUT2D eigenvalue weighted by Gasteiger charge is -2.20. The molecule has 0 unspecified atom stereocenters. The molecular weight excluding hydrogens is 360 g/mol. The van der Waals surface area contributed by atoms with Gasteiger partial charge in [0.25, 0.3) is 0 Å². The van der Waals surface area contributed by atoms with Crippen LogP contribution >= 0.6 is 0 Å². The molecule has 1 heterocycles. The van der Waals surface area contributed by atoms with Crippen LogP contribution in [0.2, 0.25) is 0 Å². The second kappa shape index (κ2) is 8.46. The molecule has 1 saturated heterocycles. The maximum atomic E-state index is 12.5. The minimum Gasteiger partial charge on any atom is -0.493 e. The Labute approximate surface area is 164 Å². The average molecular weight is 386 g/mol. The summed E-state index contributed by atoms with van der Waals surface area (Å²) in [5, 5.41) is 0. The van der Waals surface area contributed by atoms with Crippen LogP contribution in [0.3, 0.4) is 0 Å². The number of allylic oxidation sites excluding steroid dienone is 2. The van der Waals surface area contributed by atoms with E-state index in [0.717, 1.165) is 5.56 Å². The Morgan fingerprint density at radius 2 is 1.68 bits per heavy atom. The highest BCUT2D eigenvalue weighted by molar-refractivity contribution is 6.05. The van der Waals surface area contributed by atoms with Crippen LogP contribution in [-0.2, 0) is 20.9 Å².